The minimum absolute atomic E-state index is 0.963. The molecule has 0 saturated heterocycles. The highest BCUT2D eigenvalue weighted by Gasteiger charge is 2.28. The van der Waals surface area contributed by atoms with Crippen LogP contribution in [0.25, 0.3) is 0 Å². The first-order valence-corrected chi connectivity index (χ1v) is 11.9. The molecular weight excluding hydrogens is 358 g/mol. The maximum atomic E-state index is 8.74. The van der Waals surface area contributed by atoms with E-state index in [0.29, 0.717) is 0 Å². The Bertz CT molecular complexity index is 409. The fourth-order valence-corrected chi connectivity index (χ4v) is 4.60. The van der Waals surface area contributed by atoms with Crippen molar-refractivity contribution in [2.45, 2.75) is 77.0 Å². The number of thiol groups is 1. The highest BCUT2D eigenvalue weighted by molar-refractivity contribution is 7.80. The van der Waals surface area contributed by atoms with Crippen LogP contribution in [0.1, 0.15) is 77.0 Å². The molecular formula is C18H37NO4S2. The van der Waals surface area contributed by atoms with Crippen molar-refractivity contribution in [2.75, 3.05) is 18.8 Å². The molecule has 2 saturated carbocycles. The fourth-order valence-electron chi connectivity index (χ4n) is 4.44. The summed E-state index contributed by atoms with van der Waals surface area (Å²) in [5.41, 5.74) is 0. The summed E-state index contributed by atoms with van der Waals surface area (Å²) in [6, 6.07) is 0. The van der Waals surface area contributed by atoms with Crippen LogP contribution < -0.4 is 5.32 Å². The zero-order valence-electron chi connectivity index (χ0n) is 15.4. The van der Waals surface area contributed by atoms with Crippen molar-refractivity contribution >= 4 is 23.0 Å². The highest BCUT2D eigenvalue weighted by atomic mass is 32.3. The lowest BCUT2D eigenvalue weighted by atomic mass is 9.70. The van der Waals surface area contributed by atoms with Gasteiger partial charge in [0.1, 0.15) is 0 Å². The maximum Gasteiger partial charge on any atom is 0.394 e. The van der Waals surface area contributed by atoms with Crippen molar-refractivity contribution in [3.63, 3.8) is 0 Å². The molecule has 0 aromatic carbocycles. The maximum absolute atomic E-state index is 8.74. The minimum Gasteiger partial charge on any atom is -0.316 e. The summed E-state index contributed by atoms with van der Waals surface area (Å²) in [6.45, 7) is 2.26. The van der Waals surface area contributed by atoms with Crippen LogP contribution in [0, 0.1) is 17.8 Å². The van der Waals surface area contributed by atoms with Gasteiger partial charge in [-0.2, -0.15) is 21.0 Å². The molecule has 7 heteroatoms. The Labute approximate surface area is 159 Å². The molecule has 150 valence electrons. The molecule has 0 unspecified atom stereocenters. The lowest BCUT2D eigenvalue weighted by Crippen LogP contribution is -2.23. The summed E-state index contributed by atoms with van der Waals surface area (Å²) in [7, 11) is -4.67. The quantitative estimate of drug-likeness (QED) is 0.278. The van der Waals surface area contributed by atoms with Crippen LogP contribution in [0.15, 0.2) is 0 Å². The van der Waals surface area contributed by atoms with E-state index in [9.17, 15) is 0 Å². The van der Waals surface area contributed by atoms with Crippen molar-refractivity contribution < 1.29 is 17.5 Å². The number of hydrogen-bond acceptors (Lipinski definition) is 4. The monoisotopic (exact) mass is 395 g/mol. The number of hydrogen-bond donors (Lipinski definition) is 4. The summed E-state index contributed by atoms with van der Waals surface area (Å²) in [5, 5.41) is 3.45. The molecule has 0 aliphatic heterocycles. The number of unbranched alkanes of at least 4 members (excludes halogenated alkanes) is 1. The van der Waals surface area contributed by atoms with Crippen molar-refractivity contribution in [1.29, 1.82) is 0 Å². The van der Waals surface area contributed by atoms with Gasteiger partial charge in [0.2, 0.25) is 0 Å². The molecule has 0 spiro atoms. The summed E-state index contributed by atoms with van der Waals surface area (Å²) >= 11 is 4.22. The summed E-state index contributed by atoms with van der Waals surface area (Å²) in [4.78, 5) is 0. The van der Waals surface area contributed by atoms with Gasteiger partial charge in [-0.05, 0) is 43.6 Å². The first kappa shape index (κ1) is 23.2. The van der Waals surface area contributed by atoms with E-state index in [1.165, 1.54) is 57.9 Å². The fraction of sp³-hybridized carbons (Fsp3) is 1.00. The van der Waals surface area contributed by atoms with Gasteiger partial charge in [0.05, 0.1) is 0 Å². The van der Waals surface area contributed by atoms with E-state index in [2.05, 4.69) is 17.9 Å². The molecule has 0 aromatic heterocycles. The average molecular weight is 396 g/mol. The van der Waals surface area contributed by atoms with E-state index in [1.807, 2.05) is 0 Å². The summed E-state index contributed by atoms with van der Waals surface area (Å²) in [6.07, 6.45) is 18.1. The van der Waals surface area contributed by atoms with Crippen molar-refractivity contribution in [1.82, 2.24) is 5.32 Å². The summed E-state index contributed by atoms with van der Waals surface area (Å²) in [5.74, 6) is 4.23. The zero-order chi connectivity index (χ0) is 18.5. The lowest BCUT2D eigenvalue weighted by Gasteiger charge is -2.36. The first-order chi connectivity index (χ1) is 11.9. The molecule has 2 aliphatic carbocycles. The van der Waals surface area contributed by atoms with E-state index >= 15 is 0 Å². The standard InChI is InChI=1S/C18H35NS.H2O4S/c20-15-14-19-13-5-4-6-16-9-11-18(12-10-16)17-7-2-1-3-8-17;1-5(2,3)4/h16-20H,1-15H2;(H2,1,2,3,4). The third kappa shape index (κ3) is 13.1. The van der Waals surface area contributed by atoms with Gasteiger partial charge >= 0.3 is 10.4 Å². The Balaban J connectivity index is 0.000000550. The van der Waals surface area contributed by atoms with Gasteiger partial charge in [0, 0.05) is 12.3 Å². The Morgan fingerprint density at radius 2 is 1.40 bits per heavy atom. The zero-order valence-corrected chi connectivity index (χ0v) is 17.1. The van der Waals surface area contributed by atoms with E-state index < -0.39 is 10.4 Å². The van der Waals surface area contributed by atoms with Crippen molar-refractivity contribution in [3.05, 3.63) is 0 Å². The Hall–Kier alpha value is 0.180. The molecule has 0 heterocycles. The van der Waals surface area contributed by atoms with Gasteiger partial charge < -0.3 is 5.32 Å². The molecule has 2 rings (SSSR count). The molecule has 5 nitrogen and oxygen atoms in total. The molecule has 0 amide bonds. The van der Waals surface area contributed by atoms with Gasteiger partial charge in [-0.1, -0.05) is 57.8 Å². The second-order valence-electron chi connectivity index (χ2n) is 7.60. The van der Waals surface area contributed by atoms with Crippen LogP contribution in [-0.4, -0.2) is 36.4 Å². The van der Waals surface area contributed by atoms with E-state index in [-0.39, 0.29) is 0 Å². The van der Waals surface area contributed by atoms with E-state index in [4.69, 9.17) is 17.5 Å². The van der Waals surface area contributed by atoms with E-state index in [0.717, 1.165) is 30.1 Å². The van der Waals surface area contributed by atoms with Crippen molar-refractivity contribution in [2.24, 2.45) is 17.8 Å². The van der Waals surface area contributed by atoms with E-state index in [1.54, 1.807) is 25.7 Å². The molecule has 0 atom stereocenters. The predicted octanol–water partition coefficient (Wildman–Crippen LogP) is 4.41. The highest BCUT2D eigenvalue weighted by Crippen LogP contribution is 2.40. The van der Waals surface area contributed by atoms with Gasteiger partial charge in [0.25, 0.3) is 0 Å². The number of rotatable bonds is 8. The van der Waals surface area contributed by atoms with Crippen LogP contribution in [0.2, 0.25) is 0 Å². The third-order valence-corrected chi connectivity index (χ3v) is 5.94. The third-order valence-electron chi connectivity index (χ3n) is 5.71. The molecule has 0 bridgehead atoms. The van der Waals surface area contributed by atoms with Crippen LogP contribution in [0.5, 0.6) is 0 Å². The Kier molecular flexibility index (Phi) is 12.4. The largest absolute Gasteiger partial charge is 0.394 e. The van der Waals surface area contributed by atoms with Gasteiger partial charge in [-0.15, -0.1) is 0 Å². The second kappa shape index (κ2) is 13.4. The molecule has 2 aliphatic rings. The molecule has 25 heavy (non-hydrogen) atoms. The van der Waals surface area contributed by atoms with Crippen LogP contribution in [0.3, 0.4) is 0 Å². The summed E-state index contributed by atoms with van der Waals surface area (Å²) < 4.78 is 31.6. The van der Waals surface area contributed by atoms with Gasteiger partial charge in [0.15, 0.2) is 0 Å². The smallest absolute Gasteiger partial charge is 0.316 e. The predicted molar refractivity (Wildman–Crippen MR) is 107 cm³/mol. The normalized spacial score (nSPS) is 25.2. The van der Waals surface area contributed by atoms with Gasteiger partial charge in [-0.25, -0.2) is 0 Å². The SMILES string of the molecule is O=S(=O)(O)O.SCCNCCCCC1CCC(C2CCCCC2)CC1. The topological polar surface area (TPSA) is 86.6 Å². The molecule has 0 radical (unpaired) electrons. The lowest BCUT2D eigenvalue weighted by molar-refractivity contribution is 0.162. The Morgan fingerprint density at radius 3 is 1.96 bits per heavy atom. The van der Waals surface area contributed by atoms with Crippen LogP contribution in [-0.2, 0) is 10.4 Å². The first-order valence-electron chi connectivity index (χ1n) is 9.91. The van der Waals surface area contributed by atoms with Crippen molar-refractivity contribution in [3.8, 4) is 0 Å². The average Bonchev–Trinajstić information content (AvgIpc) is 2.58. The second-order valence-corrected chi connectivity index (χ2v) is 8.94. The number of nitrogens with one attached hydrogen (secondary N) is 1. The Morgan fingerprint density at radius 1 is 0.840 bits per heavy atom. The van der Waals surface area contributed by atoms with Crippen LogP contribution in [0.4, 0.5) is 0 Å². The molecule has 0 aromatic rings. The minimum atomic E-state index is -4.67. The van der Waals surface area contributed by atoms with Crippen LogP contribution >= 0.6 is 12.6 Å². The molecule has 2 fully saturated rings. The molecule has 3 N–H and O–H groups in total. The van der Waals surface area contributed by atoms with Gasteiger partial charge in [-0.3, -0.25) is 9.11 Å².